The lowest BCUT2D eigenvalue weighted by Gasteiger charge is -2.45. The molecule has 1 aliphatic heterocycles. The molecule has 2 N–H and O–H groups in total. The molecular formula is C17H21N3O4. The van der Waals surface area contributed by atoms with Gasteiger partial charge in [0.25, 0.3) is 0 Å². The van der Waals surface area contributed by atoms with Crippen molar-refractivity contribution in [2.24, 2.45) is 0 Å². The van der Waals surface area contributed by atoms with E-state index in [1.807, 2.05) is 6.07 Å². The molecule has 0 aromatic heterocycles. The monoisotopic (exact) mass is 331 g/mol. The summed E-state index contributed by atoms with van der Waals surface area (Å²) in [6.45, 7) is 6.36. The van der Waals surface area contributed by atoms with Crippen LogP contribution in [0, 0.1) is 11.3 Å². The maximum atomic E-state index is 12.4. The van der Waals surface area contributed by atoms with Crippen molar-refractivity contribution in [3.8, 4) is 11.8 Å². The van der Waals surface area contributed by atoms with E-state index in [9.17, 15) is 14.7 Å². The van der Waals surface area contributed by atoms with Crippen molar-refractivity contribution in [1.82, 2.24) is 10.4 Å². The number of ether oxygens (including phenoxy) is 1. The Morgan fingerprint density at radius 2 is 2.12 bits per heavy atom. The highest BCUT2D eigenvalue weighted by Gasteiger charge is 2.47. The van der Waals surface area contributed by atoms with E-state index in [1.54, 1.807) is 39.0 Å². The van der Waals surface area contributed by atoms with Gasteiger partial charge in [-0.2, -0.15) is 5.26 Å². The van der Waals surface area contributed by atoms with Crippen LogP contribution in [0.5, 0.6) is 5.75 Å². The fourth-order valence-corrected chi connectivity index (χ4v) is 2.74. The van der Waals surface area contributed by atoms with E-state index in [0.29, 0.717) is 16.9 Å². The molecule has 0 fully saturated rings. The number of hydrogen-bond acceptors (Lipinski definition) is 5. The van der Waals surface area contributed by atoms with Gasteiger partial charge in [-0.1, -0.05) is 6.92 Å². The molecule has 7 nitrogen and oxygen atoms in total. The minimum atomic E-state index is -1.10. The molecule has 0 saturated heterocycles. The second kappa shape index (κ2) is 6.49. The average Bonchev–Trinajstić information content (AvgIpc) is 2.53. The van der Waals surface area contributed by atoms with E-state index in [1.165, 1.54) is 6.92 Å². The van der Waals surface area contributed by atoms with Crippen molar-refractivity contribution in [3.05, 3.63) is 29.3 Å². The molecule has 128 valence electrons. The maximum Gasteiger partial charge on any atom is 0.241 e. The van der Waals surface area contributed by atoms with Gasteiger partial charge in [-0.05, 0) is 32.0 Å². The minimum Gasteiger partial charge on any atom is -0.485 e. The summed E-state index contributed by atoms with van der Waals surface area (Å²) in [6.07, 6.45) is -0.945. The zero-order valence-electron chi connectivity index (χ0n) is 14.2. The smallest absolute Gasteiger partial charge is 0.241 e. The van der Waals surface area contributed by atoms with E-state index in [0.717, 1.165) is 5.01 Å². The number of amides is 2. The quantitative estimate of drug-likeness (QED) is 0.798. The van der Waals surface area contributed by atoms with Crippen LogP contribution in [0.2, 0.25) is 0 Å². The minimum absolute atomic E-state index is 0.151. The molecule has 24 heavy (non-hydrogen) atoms. The Balaban J connectivity index is 2.62. The summed E-state index contributed by atoms with van der Waals surface area (Å²) in [4.78, 5) is 23.9. The number of hydrogen-bond donors (Lipinski definition) is 2. The van der Waals surface area contributed by atoms with Gasteiger partial charge in [0.15, 0.2) is 0 Å². The Hall–Kier alpha value is -2.59. The normalized spacial score (nSPS) is 21.0. The van der Waals surface area contributed by atoms with Crippen LogP contribution >= 0.6 is 0 Å². The summed E-state index contributed by atoms with van der Waals surface area (Å²) in [7, 11) is 0. The molecule has 0 saturated carbocycles. The molecular weight excluding hydrogens is 310 g/mol. The highest BCUT2D eigenvalue weighted by Crippen LogP contribution is 2.42. The largest absolute Gasteiger partial charge is 0.485 e. The molecule has 1 aromatic carbocycles. The van der Waals surface area contributed by atoms with Gasteiger partial charge in [0.1, 0.15) is 23.5 Å². The van der Waals surface area contributed by atoms with Crippen LogP contribution in [0.3, 0.4) is 0 Å². The molecule has 0 aliphatic carbocycles. The standard InChI is InChI=1S/C17H21N3O4/c1-5-14(22)20(19-10(2)21)15-12-8-11(9-18)6-7-13(12)24-17(3,4)16(15)23/h6-8,15-16,23H,5H2,1-4H3,(H,19,21)/t15-,16+/m1/s1. The fourth-order valence-electron chi connectivity index (χ4n) is 2.74. The lowest BCUT2D eigenvalue weighted by molar-refractivity contribution is -0.156. The van der Waals surface area contributed by atoms with Crippen LogP contribution in [0.15, 0.2) is 18.2 Å². The first-order valence-electron chi connectivity index (χ1n) is 7.71. The average molecular weight is 331 g/mol. The van der Waals surface area contributed by atoms with Gasteiger partial charge in [0.2, 0.25) is 11.8 Å². The Morgan fingerprint density at radius 3 is 2.67 bits per heavy atom. The lowest BCUT2D eigenvalue weighted by atomic mass is 9.85. The number of fused-ring (bicyclic) bond motifs is 1. The van der Waals surface area contributed by atoms with Crippen molar-refractivity contribution in [2.45, 2.75) is 51.9 Å². The first kappa shape index (κ1) is 17.8. The van der Waals surface area contributed by atoms with Crippen LogP contribution in [-0.4, -0.2) is 33.6 Å². The SMILES string of the molecule is CCC(=O)N(NC(C)=O)[C@@H]1c2cc(C#N)ccc2OC(C)(C)[C@H]1O. The Labute approximate surface area is 140 Å². The Bertz CT molecular complexity index is 708. The summed E-state index contributed by atoms with van der Waals surface area (Å²) in [5.74, 6) is -0.305. The van der Waals surface area contributed by atoms with Gasteiger partial charge in [-0.3, -0.25) is 15.0 Å². The third-order valence-corrected chi connectivity index (χ3v) is 3.97. The highest BCUT2D eigenvalue weighted by atomic mass is 16.5. The van der Waals surface area contributed by atoms with Gasteiger partial charge >= 0.3 is 0 Å². The molecule has 1 heterocycles. The van der Waals surface area contributed by atoms with Crippen molar-refractivity contribution >= 4 is 11.8 Å². The maximum absolute atomic E-state index is 12.4. The number of benzene rings is 1. The van der Waals surface area contributed by atoms with E-state index >= 15 is 0 Å². The topological polar surface area (TPSA) is 103 Å². The van der Waals surface area contributed by atoms with Crippen LogP contribution in [0.4, 0.5) is 0 Å². The molecule has 2 amide bonds. The predicted octanol–water partition coefficient (Wildman–Crippen LogP) is 1.42. The number of nitrogens with zero attached hydrogens (tertiary/aromatic N) is 2. The van der Waals surface area contributed by atoms with Crippen LogP contribution in [0.1, 0.15) is 51.3 Å². The number of carbonyl (C=O) groups excluding carboxylic acids is 2. The van der Waals surface area contributed by atoms with Gasteiger partial charge in [0.05, 0.1) is 11.6 Å². The number of nitrogens with one attached hydrogen (secondary N) is 1. The summed E-state index contributed by atoms with van der Waals surface area (Å²) >= 11 is 0. The van der Waals surface area contributed by atoms with E-state index in [-0.39, 0.29) is 12.3 Å². The summed E-state index contributed by atoms with van der Waals surface area (Å²) in [5.41, 5.74) is 2.38. The van der Waals surface area contributed by atoms with Gasteiger partial charge in [0, 0.05) is 18.9 Å². The highest BCUT2D eigenvalue weighted by molar-refractivity contribution is 5.81. The zero-order valence-corrected chi connectivity index (χ0v) is 14.2. The van der Waals surface area contributed by atoms with Crippen molar-refractivity contribution < 1.29 is 19.4 Å². The third-order valence-electron chi connectivity index (χ3n) is 3.97. The van der Waals surface area contributed by atoms with Crippen LogP contribution in [0.25, 0.3) is 0 Å². The van der Waals surface area contributed by atoms with Crippen LogP contribution in [-0.2, 0) is 9.59 Å². The summed E-state index contributed by atoms with van der Waals surface area (Å²) in [6, 6.07) is 5.98. The van der Waals surface area contributed by atoms with Gasteiger partial charge in [-0.15, -0.1) is 0 Å². The molecule has 0 spiro atoms. The molecule has 2 rings (SSSR count). The number of hydrazine groups is 1. The predicted molar refractivity (Wildman–Crippen MR) is 85.6 cm³/mol. The number of aliphatic hydroxyl groups excluding tert-OH is 1. The molecule has 7 heteroatoms. The van der Waals surface area contributed by atoms with Gasteiger partial charge in [-0.25, -0.2) is 5.01 Å². The van der Waals surface area contributed by atoms with Crippen LogP contribution < -0.4 is 10.2 Å². The Morgan fingerprint density at radius 1 is 1.46 bits per heavy atom. The number of aliphatic hydroxyl groups is 1. The van der Waals surface area contributed by atoms with Gasteiger partial charge < -0.3 is 9.84 Å². The second-order valence-electron chi connectivity index (χ2n) is 6.24. The summed E-state index contributed by atoms with van der Waals surface area (Å²) in [5, 5.41) is 21.0. The number of carbonyl (C=O) groups is 2. The fraction of sp³-hybridized carbons (Fsp3) is 0.471. The van der Waals surface area contributed by atoms with Crippen molar-refractivity contribution in [3.63, 3.8) is 0 Å². The van der Waals surface area contributed by atoms with E-state index in [4.69, 9.17) is 10.00 Å². The molecule has 0 radical (unpaired) electrons. The first-order chi connectivity index (χ1) is 11.2. The second-order valence-corrected chi connectivity index (χ2v) is 6.24. The van der Waals surface area contributed by atoms with E-state index in [2.05, 4.69) is 5.43 Å². The number of nitriles is 1. The van der Waals surface area contributed by atoms with Crippen molar-refractivity contribution in [2.75, 3.05) is 0 Å². The zero-order chi connectivity index (χ0) is 18.1. The molecule has 2 atom stereocenters. The molecule has 0 unspecified atom stereocenters. The molecule has 0 bridgehead atoms. The molecule has 1 aromatic rings. The third kappa shape index (κ3) is 3.19. The lowest BCUT2D eigenvalue weighted by Crippen LogP contribution is -2.58. The number of rotatable bonds is 2. The van der Waals surface area contributed by atoms with Crippen molar-refractivity contribution in [1.29, 1.82) is 5.26 Å². The van der Waals surface area contributed by atoms with E-state index < -0.39 is 23.7 Å². The first-order valence-corrected chi connectivity index (χ1v) is 7.71. The molecule has 1 aliphatic rings. The summed E-state index contributed by atoms with van der Waals surface area (Å²) < 4.78 is 5.82. The Kier molecular flexibility index (Phi) is 4.81.